The SMILES string of the molecule is CC(C)(C)C(=O)NC(=S)Nc1ccc(NC(=O)c2ccco2)cc1. The van der Waals surface area contributed by atoms with Crippen LogP contribution in [-0.4, -0.2) is 16.9 Å². The fraction of sp³-hybridized carbons (Fsp3) is 0.235. The first-order valence-corrected chi connectivity index (χ1v) is 7.74. The van der Waals surface area contributed by atoms with E-state index in [0.29, 0.717) is 11.4 Å². The third kappa shape index (κ3) is 4.92. The number of thiocarbonyl (C=S) groups is 1. The van der Waals surface area contributed by atoms with Gasteiger partial charge in [-0.1, -0.05) is 20.8 Å². The van der Waals surface area contributed by atoms with E-state index >= 15 is 0 Å². The van der Waals surface area contributed by atoms with Crippen molar-refractivity contribution in [2.75, 3.05) is 10.6 Å². The minimum Gasteiger partial charge on any atom is -0.459 e. The van der Waals surface area contributed by atoms with Gasteiger partial charge in [-0.25, -0.2) is 0 Å². The van der Waals surface area contributed by atoms with E-state index in [-0.39, 0.29) is 22.7 Å². The maximum Gasteiger partial charge on any atom is 0.291 e. The van der Waals surface area contributed by atoms with Gasteiger partial charge in [0.25, 0.3) is 5.91 Å². The smallest absolute Gasteiger partial charge is 0.291 e. The monoisotopic (exact) mass is 345 g/mol. The number of hydrogen-bond acceptors (Lipinski definition) is 4. The number of carbonyl (C=O) groups is 2. The number of nitrogens with one attached hydrogen (secondary N) is 3. The number of benzene rings is 1. The Balaban J connectivity index is 1.91. The molecule has 0 aliphatic heterocycles. The summed E-state index contributed by atoms with van der Waals surface area (Å²) < 4.78 is 5.03. The van der Waals surface area contributed by atoms with Crippen molar-refractivity contribution < 1.29 is 14.0 Å². The molecule has 0 atom stereocenters. The van der Waals surface area contributed by atoms with Crippen LogP contribution in [0.25, 0.3) is 0 Å². The van der Waals surface area contributed by atoms with Gasteiger partial charge in [-0.05, 0) is 48.6 Å². The first-order valence-electron chi connectivity index (χ1n) is 7.33. The zero-order valence-corrected chi connectivity index (χ0v) is 14.5. The Hall–Kier alpha value is -2.67. The van der Waals surface area contributed by atoms with Crippen LogP contribution in [0.15, 0.2) is 47.1 Å². The van der Waals surface area contributed by atoms with Crippen LogP contribution >= 0.6 is 12.2 Å². The van der Waals surface area contributed by atoms with E-state index in [1.165, 1.54) is 6.26 Å². The third-order valence-electron chi connectivity index (χ3n) is 3.05. The predicted molar refractivity (Wildman–Crippen MR) is 96.9 cm³/mol. The van der Waals surface area contributed by atoms with E-state index in [1.54, 1.807) is 57.2 Å². The van der Waals surface area contributed by atoms with Gasteiger partial charge in [0.15, 0.2) is 10.9 Å². The molecule has 0 bridgehead atoms. The van der Waals surface area contributed by atoms with Gasteiger partial charge < -0.3 is 20.4 Å². The van der Waals surface area contributed by atoms with Crippen molar-refractivity contribution >= 4 is 40.5 Å². The molecule has 1 aromatic carbocycles. The summed E-state index contributed by atoms with van der Waals surface area (Å²) in [5.74, 6) is -0.251. The number of hydrogen-bond donors (Lipinski definition) is 3. The summed E-state index contributed by atoms with van der Waals surface area (Å²) in [6, 6.07) is 10.2. The molecule has 0 spiro atoms. The average molecular weight is 345 g/mol. The van der Waals surface area contributed by atoms with Crippen molar-refractivity contribution in [3.05, 3.63) is 48.4 Å². The second-order valence-electron chi connectivity index (χ2n) is 6.17. The molecule has 24 heavy (non-hydrogen) atoms. The maximum absolute atomic E-state index is 11.9. The molecule has 126 valence electrons. The summed E-state index contributed by atoms with van der Waals surface area (Å²) in [7, 11) is 0. The maximum atomic E-state index is 11.9. The Morgan fingerprint density at radius 1 is 1.00 bits per heavy atom. The first-order chi connectivity index (χ1) is 11.3. The molecule has 2 aromatic rings. The van der Waals surface area contributed by atoms with E-state index in [4.69, 9.17) is 16.6 Å². The molecule has 1 aromatic heterocycles. The van der Waals surface area contributed by atoms with Crippen LogP contribution in [0.1, 0.15) is 31.3 Å². The summed E-state index contributed by atoms with van der Waals surface area (Å²) in [5, 5.41) is 8.49. The molecule has 0 radical (unpaired) electrons. The fourth-order valence-electron chi connectivity index (χ4n) is 1.69. The van der Waals surface area contributed by atoms with Gasteiger partial charge >= 0.3 is 0 Å². The lowest BCUT2D eigenvalue weighted by Crippen LogP contribution is -2.41. The molecule has 0 saturated carbocycles. The van der Waals surface area contributed by atoms with Crippen LogP contribution in [-0.2, 0) is 4.79 Å². The van der Waals surface area contributed by atoms with Gasteiger partial charge in [-0.15, -0.1) is 0 Å². The predicted octanol–water partition coefficient (Wildman–Crippen LogP) is 3.39. The minimum atomic E-state index is -0.522. The largest absolute Gasteiger partial charge is 0.459 e. The molecule has 0 unspecified atom stereocenters. The van der Waals surface area contributed by atoms with Gasteiger partial charge in [0.2, 0.25) is 5.91 Å². The molecule has 0 aliphatic rings. The van der Waals surface area contributed by atoms with Gasteiger partial charge in [0, 0.05) is 16.8 Å². The van der Waals surface area contributed by atoms with Crippen molar-refractivity contribution in [3.8, 4) is 0 Å². The van der Waals surface area contributed by atoms with Gasteiger partial charge in [-0.2, -0.15) is 0 Å². The zero-order chi connectivity index (χ0) is 17.7. The lowest BCUT2D eigenvalue weighted by molar-refractivity contribution is -0.126. The summed E-state index contributed by atoms with van der Waals surface area (Å²) in [4.78, 5) is 23.7. The quantitative estimate of drug-likeness (QED) is 0.743. The summed E-state index contributed by atoms with van der Waals surface area (Å²) >= 11 is 5.11. The Labute approximate surface area is 145 Å². The van der Waals surface area contributed by atoms with Crippen LogP contribution in [0.4, 0.5) is 11.4 Å². The molecule has 1 heterocycles. The second-order valence-corrected chi connectivity index (χ2v) is 6.58. The van der Waals surface area contributed by atoms with E-state index in [2.05, 4.69) is 16.0 Å². The highest BCUT2D eigenvalue weighted by Crippen LogP contribution is 2.16. The summed E-state index contributed by atoms with van der Waals surface area (Å²) in [5.41, 5.74) is 0.794. The van der Waals surface area contributed by atoms with Crippen LogP contribution in [0, 0.1) is 5.41 Å². The Bertz CT molecular complexity index is 731. The van der Waals surface area contributed by atoms with Gasteiger partial charge in [-0.3, -0.25) is 9.59 Å². The Morgan fingerprint density at radius 2 is 1.58 bits per heavy atom. The number of rotatable bonds is 3. The van der Waals surface area contributed by atoms with Crippen molar-refractivity contribution in [1.29, 1.82) is 0 Å². The number of amides is 2. The molecule has 6 nitrogen and oxygen atoms in total. The third-order valence-corrected chi connectivity index (χ3v) is 3.26. The molecule has 0 fully saturated rings. The van der Waals surface area contributed by atoms with E-state index in [1.807, 2.05) is 0 Å². The highest BCUT2D eigenvalue weighted by molar-refractivity contribution is 7.80. The van der Waals surface area contributed by atoms with Crippen molar-refractivity contribution in [3.63, 3.8) is 0 Å². The first kappa shape index (κ1) is 17.7. The highest BCUT2D eigenvalue weighted by atomic mass is 32.1. The summed E-state index contributed by atoms with van der Waals surface area (Å²) in [6.07, 6.45) is 1.44. The average Bonchev–Trinajstić information content (AvgIpc) is 3.02. The fourth-order valence-corrected chi connectivity index (χ4v) is 1.90. The number of furan rings is 1. The van der Waals surface area contributed by atoms with Crippen LogP contribution in [0.2, 0.25) is 0 Å². The lowest BCUT2D eigenvalue weighted by Gasteiger charge is -2.18. The van der Waals surface area contributed by atoms with Crippen molar-refractivity contribution in [2.24, 2.45) is 5.41 Å². The van der Waals surface area contributed by atoms with Gasteiger partial charge in [0.05, 0.1) is 6.26 Å². The molecule has 0 aliphatic carbocycles. The molecule has 0 saturated heterocycles. The molecule has 7 heteroatoms. The second kappa shape index (κ2) is 7.27. The molecule has 2 rings (SSSR count). The highest BCUT2D eigenvalue weighted by Gasteiger charge is 2.21. The molecular weight excluding hydrogens is 326 g/mol. The van der Waals surface area contributed by atoms with E-state index in [0.717, 1.165) is 0 Å². The topological polar surface area (TPSA) is 83.4 Å². The standard InChI is InChI=1S/C17H19N3O3S/c1-17(2,3)15(22)20-16(24)19-12-8-6-11(7-9-12)18-14(21)13-5-4-10-23-13/h4-10H,1-3H3,(H,18,21)(H2,19,20,22,24). The van der Waals surface area contributed by atoms with Crippen LogP contribution < -0.4 is 16.0 Å². The molecule has 2 amide bonds. The van der Waals surface area contributed by atoms with E-state index < -0.39 is 5.41 Å². The molecule has 3 N–H and O–H groups in total. The van der Waals surface area contributed by atoms with Crippen LogP contribution in [0.5, 0.6) is 0 Å². The number of carbonyl (C=O) groups excluding carboxylic acids is 2. The van der Waals surface area contributed by atoms with Crippen LogP contribution in [0.3, 0.4) is 0 Å². The lowest BCUT2D eigenvalue weighted by atomic mass is 9.96. The van der Waals surface area contributed by atoms with Crippen molar-refractivity contribution in [1.82, 2.24) is 5.32 Å². The molecular formula is C17H19N3O3S. The zero-order valence-electron chi connectivity index (χ0n) is 13.7. The normalized spacial score (nSPS) is 10.8. The van der Waals surface area contributed by atoms with Gasteiger partial charge in [0.1, 0.15) is 0 Å². The summed E-state index contributed by atoms with van der Waals surface area (Å²) in [6.45, 7) is 5.42. The Kier molecular flexibility index (Phi) is 5.35. The van der Waals surface area contributed by atoms with Crippen molar-refractivity contribution in [2.45, 2.75) is 20.8 Å². The van der Waals surface area contributed by atoms with E-state index in [9.17, 15) is 9.59 Å². The Morgan fingerprint density at radius 3 is 2.08 bits per heavy atom. The number of anilines is 2. The minimum absolute atomic E-state index is 0.165.